The molecule has 0 aliphatic carbocycles. The second-order valence-electron chi connectivity index (χ2n) is 4.51. The number of likely N-dealkylation sites (N-methyl/N-ethyl adjacent to an activating group) is 1. The Kier molecular flexibility index (Phi) is 3.43. The summed E-state index contributed by atoms with van der Waals surface area (Å²) in [5.41, 5.74) is 0.992. The van der Waals surface area contributed by atoms with Gasteiger partial charge in [0.15, 0.2) is 0 Å². The first-order valence-electron chi connectivity index (χ1n) is 5.63. The molecular formula is C13H16FNO2. The molecule has 92 valence electrons. The molecule has 0 saturated carbocycles. The van der Waals surface area contributed by atoms with Crippen LogP contribution in [-0.4, -0.2) is 38.1 Å². The van der Waals surface area contributed by atoms with Crippen LogP contribution in [0.4, 0.5) is 4.39 Å². The van der Waals surface area contributed by atoms with Crippen LogP contribution in [0.5, 0.6) is 0 Å². The van der Waals surface area contributed by atoms with Gasteiger partial charge in [-0.25, -0.2) is 4.39 Å². The molecule has 0 bridgehead atoms. The van der Waals surface area contributed by atoms with Gasteiger partial charge in [-0.15, -0.1) is 0 Å². The number of halogens is 1. The maximum absolute atomic E-state index is 12.9. The Morgan fingerprint density at radius 2 is 2.00 bits per heavy atom. The monoisotopic (exact) mass is 237 g/mol. The molecule has 0 spiro atoms. The Balaban J connectivity index is 2.23. The van der Waals surface area contributed by atoms with Gasteiger partial charge in [-0.1, -0.05) is 12.1 Å². The zero-order valence-corrected chi connectivity index (χ0v) is 10.0. The second kappa shape index (κ2) is 4.84. The maximum Gasteiger partial charge on any atom is 0.310 e. The van der Waals surface area contributed by atoms with Crippen molar-refractivity contribution in [3.8, 4) is 0 Å². The Bertz CT molecular complexity index is 404. The third-order valence-corrected chi connectivity index (χ3v) is 3.30. The molecule has 1 aliphatic heterocycles. The van der Waals surface area contributed by atoms with Crippen molar-refractivity contribution in [1.82, 2.24) is 4.90 Å². The average Bonchev–Trinajstić information content (AvgIpc) is 2.71. The van der Waals surface area contributed by atoms with Crippen molar-refractivity contribution in [2.45, 2.75) is 5.92 Å². The first-order chi connectivity index (χ1) is 8.11. The molecule has 4 heteroatoms. The van der Waals surface area contributed by atoms with Crippen molar-refractivity contribution in [1.29, 1.82) is 0 Å². The van der Waals surface area contributed by atoms with Crippen molar-refractivity contribution in [3.63, 3.8) is 0 Å². The fourth-order valence-electron chi connectivity index (χ4n) is 2.44. The number of methoxy groups -OCH3 is 1. The highest BCUT2D eigenvalue weighted by Crippen LogP contribution is 2.32. The molecule has 17 heavy (non-hydrogen) atoms. The molecule has 1 saturated heterocycles. The van der Waals surface area contributed by atoms with Gasteiger partial charge in [-0.2, -0.15) is 0 Å². The van der Waals surface area contributed by atoms with E-state index in [1.165, 1.54) is 19.2 Å². The Morgan fingerprint density at radius 3 is 2.59 bits per heavy atom. The van der Waals surface area contributed by atoms with Crippen molar-refractivity contribution < 1.29 is 13.9 Å². The van der Waals surface area contributed by atoms with Gasteiger partial charge in [0.05, 0.1) is 13.0 Å². The lowest BCUT2D eigenvalue weighted by Crippen LogP contribution is -2.23. The number of carbonyl (C=O) groups excluding carboxylic acids is 1. The first kappa shape index (κ1) is 12.0. The Hall–Kier alpha value is -1.42. The smallest absolute Gasteiger partial charge is 0.310 e. The van der Waals surface area contributed by atoms with Gasteiger partial charge in [-0.3, -0.25) is 4.79 Å². The predicted molar refractivity (Wildman–Crippen MR) is 62.1 cm³/mol. The fraction of sp³-hybridized carbons (Fsp3) is 0.462. The van der Waals surface area contributed by atoms with Crippen LogP contribution in [0.2, 0.25) is 0 Å². The van der Waals surface area contributed by atoms with Crippen molar-refractivity contribution in [2.24, 2.45) is 5.92 Å². The van der Waals surface area contributed by atoms with E-state index in [0.717, 1.165) is 12.1 Å². The molecule has 0 aromatic heterocycles. The van der Waals surface area contributed by atoms with Crippen LogP contribution in [0.15, 0.2) is 24.3 Å². The topological polar surface area (TPSA) is 29.5 Å². The summed E-state index contributed by atoms with van der Waals surface area (Å²) >= 11 is 0. The third kappa shape index (κ3) is 2.47. The summed E-state index contributed by atoms with van der Waals surface area (Å²) in [6.45, 7) is 1.49. The molecule has 1 aromatic carbocycles. The highest BCUT2D eigenvalue weighted by atomic mass is 19.1. The Morgan fingerprint density at radius 1 is 1.35 bits per heavy atom. The van der Waals surface area contributed by atoms with E-state index in [1.807, 2.05) is 7.05 Å². The van der Waals surface area contributed by atoms with E-state index in [0.29, 0.717) is 6.54 Å². The van der Waals surface area contributed by atoms with Gasteiger partial charge >= 0.3 is 5.97 Å². The zero-order chi connectivity index (χ0) is 12.4. The van der Waals surface area contributed by atoms with Crippen LogP contribution in [0.25, 0.3) is 0 Å². The molecule has 0 unspecified atom stereocenters. The maximum atomic E-state index is 12.9. The highest BCUT2D eigenvalue weighted by molar-refractivity contribution is 5.74. The minimum Gasteiger partial charge on any atom is -0.469 e. The van der Waals surface area contributed by atoms with Crippen LogP contribution >= 0.6 is 0 Å². The zero-order valence-electron chi connectivity index (χ0n) is 10.0. The van der Waals surface area contributed by atoms with Gasteiger partial charge in [0.2, 0.25) is 0 Å². The summed E-state index contributed by atoms with van der Waals surface area (Å²) in [5, 5.41) is 0. The van der Waals surface area contributed by atoms with E-state index in [2.05, 4.69) is 4.90 Å². The predicted octanol–water partition coefficient (Wildman–Crippen LogP) is 1.64. The summed E-state index contributed by atoms with van der Waals surface area (Å²) < 4.78 is 17.7. The summed E-state index contributed by atoms with van der Waals surface area (Å²) in [5.74, 6) is -0.512. The van der Waals surface area contributed by atoms with Crippen molar-refractivity contribution >= 4 is 5.97 Å². The van der Waals surface area contributed by atoms with E-state index in [-0.39, 0.29) is 23.6 Å². The molecule has 0 amide bonds. The molecule has 0 radical (unpaired) electrons. The van der Waals surface area contributed by atoms with Crippen LogP contribution in [0.1, 0.15) is 11.5 Å². The number of rotatable bonds is 2. The van der Waals surface area contributed by atoms with Gasteiger partial charge in [0.25, 0.3) is 0 Å². The summed E-state index contributed by atoms with van der Waals surface area (Å²) in [7, 11) is 3.38. The summed E-state index contributed by atoms with van der Waals surface area (Å²) in [6.07, 6.45) is 0. The standard InChI is InChI=1S/C13H16FNO2/c1-15-7-11(12(8-15)13(16)17-2)9-3-5-10(14)6-4-9/h3-6,11-12H,7-8H2,1-2H3/t11-,12+/m0/s1. The van der Waals surface area contributed by atoms with Crippen molar-refractivity contribution in [2.75, 3.05) is 27.2 Å². The number of nitrogens with zero attached hydrogens (tertiary/aromatic N) is 1. The number of benzene rings is 1. The van der Waals surface area contributed by atoms with Crippen LogP contribution in [0, 0.1) is 11.7 Å². The molecule has 2 atom stereocenters. The van der Waals surface area contributed by atoms with E-state index in [9.17, 15) is 9.18 Å². The van der Waals surface area contributed by atoms with Gasteiger partial charge in [-0.05, 0) is 24.7 Å². The van der Waals surface area contributed by atoms with Gasteiger partial charge < -0.3 is 9.64 Å². The lowest BCUT2D eigenvalue weighted by atomic mass is 9.89. The number of esters is 1. The average molecular weight is 237 g/mol. The normalized spacial score (nSPS) is 24.9. The number of hydrogen-bond donors (Lipinski definition) is 0. The summed E-state index contributed by atoms with van der Waals surface area (Å²) in [6, 6.07) is 6.36. The molecule has 1 heterocycles. The number of ether oxygens (including phenoxy) is 1. The van der Waals surface area contributed by atoms with E-state index in [4.69, 9.17) is 4.74 Å². The quantitative estimate of drug-likeness (QED) is 0.732. The number of carbonyl (C=O) groups is 1. The van der Waals surface area contributed by atoms with Gasteiger partial charge in [0, 0.05) is 19.0 Å². The fourth-order valence-corrected chi connectivity index (χ4v) is 2.44. The first-order valence-corrected chi connectivity index (χ1v) is 5.63. The molecule has 1 aliphatic rings. The van der Waals surface area contributed by atoms with E-state index in [1.54, 1.807) is 12.1 Å². The van der Waals surface area contributed by atoms with Crippen LogP contribution < -0.4 is 0 Å². The SMILES string of the molecule is COC(=O)[C@@H]1CN(C)C[C@H]1c1ccc(F)cc1. The molecule has 2 rings (SSSR count). The molecular weight excluding hydrogens is 221 g/mol. The van der Waals surface area contributed by atoms with Crippen LogP contribution in [-0.2, 0) is 9.53 Å². The van der Waals surface area contributed by atoms with E-state index >= 15 is 0 Å². The second-order valence-corrected chi connectivity index (χ2v) is 4.51. The van der Waals surface area contributed by atoms with E-state index < -0.39 is 0 Å². The molecule has 1 fully saturated rings. The third-order valence-electron chi connectivity index (χ3n) is 3.30. The number of hydrogen-bond acceptors (Lipinski definition) is 3. The molecule has 3 nitrogen and oxygen atoms in total. The molecule has 0 N–H and O–H groups in total. The Labute approximate surface area is 100 Å². The van der Waals surface area contributed by atoms with Gasteiger partial charge in [0.1, 0.15) is 5.82 Å². The molecule has 1 aromatic rings. The highest BCUT2D eigenvalue weighted by Gasteiger charge is 2.37. The largest absolute Gasteiger partial charge is 0.469 e. The van der Waals surface area contributed by atoms with Crippen LogP contribution in [0.3, 0.4) is 0 Å². The lowest BCUT2D eigenvalue weighted by molar-refractivity contribution is -0.145. The minimum absolute atomic E-state index is 0.0908. The number of likely N-dealkylation sites (tertiary alicyclic amines) is 1. The van der Waals surface area contributed by atoms with Crippen molar-refractivity contribution in [3.05, 3.63) is 35.6 Å². The summed E-state index contributed by atoms with van der Waals surface area (Å²) in [4.78, 5) is 13.8. The lowest BCUT2D eigenvalue weighted by Gasteiger charge is -2.16. The minimum atomic E-state index is -0.255.